The summed E-state index contributed by atoms with van der Waals surface area (Å²) in [6, 6.07) is 13.6. The zero-order valence-corrected chi connectivity index (χ0v) is 14.1. The van der Waals surface area contributed by atoms with Gasteiger partial charge in [0, 0.05) is 18.1 Å². The smallest absolute Gasteiger partial charge is 0.257 e. The van der Waals surface area contributed by atoms with Crippen molar-refractivity contribution in [3.05, 3.63) is 71.1 Å². The summed E-state index contributed by atoms with van der Waals surface area (Å²) in [5.41, 5.74) is 2.01. The van der Waals surface area contributed by atoms with E-state index in [0.717, 1.165) is 22.5 Å². The van der Waals surface area contributed by atoms with Crippen LogP contribution in [0.3, 0.4) is 0 Å². The summed E-state index contributed by atoms with van der Waals surface area (Å²) in [7, 11) is 0. The zero-order valence-electron chi connectivity index (χ0n) is 13.3. The van der Waals surface area contributed by atoms with E-state index in [1.165, 1.54) is 12.1 Å². The van der Waals surface area contributed by atoms with Crippen LogP contribution in [0.5, 0.6) is 5.75 Å². The number of hydrogen-bond acceptors (Lipinski definition) is 3. The van der Waals surface area contributed by atoms with Gasteiger partial charge in [0.05, 0.1) is 10.5 Å². The molecule has 0 radical (unpaired) electrons. The number of hydrogen-bond donors (Lipinski definition) is 1. The second kappa shape index (κ2) is 7.94. The Bertz CT molecular complexity index is 896. The number of nitrogens with zero attached hydrogens (tertiary/aromatic N) is 1. The lowest BCUT2D eigenvalue weighted by Crippen LogP contribution is -2.30. The number of rotatable bonds is 6. The molecule has 0 fully saturated rings. The van der Waals surface area contributed by atoms with Crippen LogP contribution >= 0.6 is 11.6 Å². The Hall–Kier alpha value is -2.66. The first-order valence-electron chi connectivity index (χ1n) is 7.80. The largest absolute Gasteiger partial charge is 0.482 e. The molecule has 4 nitrogen and oxygen atoms in total. The number of nitrogens with one attached hydrogen (secondary N) is 1. The summed E-state index contributed by atoms with van der Waals surface area (Å²) in [6.07, 6.45) is 2.42. The number of halogens is 2. The Kier molecular flexibility index (Phi) is 5.46. The molecule has 3 aromatic rings. The van der Waals surface area contributed by atoms with Gasteiger partial charge in [0.25, 0.3) is 5.91 Å². The van der Waals surface area contributed by atoms with Crippen molar-refractivity contribution < 1.29 is 13.9 Å². The standard InChI is InChI=1S/C19H16ClFN2O2/c20-16-11-15(21)6-7-17(16)25-12-18(24)22-10-8-14-4-1-3-13-5-2-9-23-19(13)14/h1-7,9,11H,8,10,12H2,(H,22,24). The van der Waals surface area contributed by atoms with E-state index in [1.807, 2.05) is 30.3 Å². The van der Waals surface area contributed by atoms with Crippen molar-refractivity contribution >= 4 is 28.4 Å². The summed E-state index contributed by atoms with van der Waals surface area (Å²) in [5, 5.41) is 3.99. The fourth-order valence-corrected chi connectivity index (χ4v) is 2.71. The first-order chi connectivity index (χ1) is 12.1. The van der Waals surface area contributed by atoms with Crippen LogP contribution < -0.4 is 10.1 Å². The van der Waals surface area contributed by atoms with Crippen LogP contribution in [-0.2, 0) is 11.2 Å². The highest BCUT2D eigenvalue weighted by molar-refractivity contribution is 6.32. The lowest BCUT2D eigenvalue weighted by Gasteiger charge is -2.09. The van der Waals surface area contributed by atoms with E-state index in [9.17, 15) is 9.18 Å². The normalized spacial score (nSPS) is 10.6. The van der Waals surface area contributed by atoms with Crippen molar-refractivity contribution in [1.29, 1.82) is 0 Å². The van der Waals surface area contributed by atoms with Crippen LogP contribution in [-0.4, -0.2) is 24.0 Å². The molecule has 0 atom stereocenters. The van der Waals surface area contributed by atoms with Gasteiger partial charge in [-0.05, 0) is 36.2 Å². The molecule has 0 saturated carbocycles. The maximum Gasteiger partial charge on any atom is 0.257 e. The molecule has 0 bridgehead atoms. The van der Waals surface area contributed by atoms with Gasteiger partial charge in [-0.3, -0.25) is 9.78 Å². The second-order valence-electron chi connectivity index (χ2n) is 5.46. The van der Waals surface area contributed by atoms with Crippen molar-refractivity contribution in [3.63, 3.8) is 0 Å². The van der Waals surface area contributed by atoms with Gasteiger partial charge in [-0.15, -0.1) is 0 Å². The Morgan fingerprint density at radius 1 is 1.20 bits per heavy atom. The second-order valence-corrected chi connectivity index (χ2v) is 5.86. The molecule has 2 aromatic carbocycles. The summed E-state index contributed by atoms with van der Waals surface area (Å²) in [5.74, 6) is -0.449. The molecule has 128 valence electrons. The Morgan fingerprint density at radius 3 is 2.88 bits per heavy atom. The first kappa shape index (κ1) is 17.2. The highest BCUT2D eigenvalue weighted by atomic mass is 35.5. The average Bonchev–Trinajstić information content (AvgIpc) is 2.61. The van der Waals surface area contributed by atoms with E-state index in [0.29, 0.717) is 13.0 Å². The maximum atomic E-state index is 13.0. The topological polar surface area (TPSA) is 51.2 Å². The molecular weight excluding hydrogens is 343 g/mol. The molecule has 1 heterocycles. The SMILES string of the molecule is O=C(COc1ccc(F)cc1Cl)NCCc1cccc2cccnc12. The molecule has 1 N–H and O–H groups in total. The number of benzene rings is 2. The predicted octanol–water partition coefficient (Wildman–Crippen LogP) is 3.77. The third-order valence-electron chi connectivity index (χ3n) is 3.69. The van der Waals surface area contributed by atoms with Crippen LogP contribution in [0.25, 0.3) is 10.9 Å². The number of carbonyl (C=O) groups excluding carboxylic acids is 1. The fraction of sp³-hybridized carbons (Fsp3) is 0.158. The number of fused-ring (bicyclic) bond motifs is 1. The fourth-order valence-electron chi connectivity index (χ4n) is 2.49. The number of amides is 1. The molecule has 0 aliphatic carbocycles. The molecule has 6 heteroatoms. The lowest BCUT2D eigenvalue weighted by molar-refractivity contribution is -0.123. The summed E-state index contributed by atoms with van der Waals surface area (Å²) >= 11 is 5.85. The zero-order chi connectivity index (χ0) is 17.6. The van der Waals surface area contributed by atoms with Crippen LogP contribution in [0.2, 0.25) is 5.02 Å². The molecule has 3 rings (SSSR count). The van der Waals surface area contributed by atoms with Crippen LogP contribution in [0.1, 0.15) is 5.56 Å². The molecule has 0 saturated heterocycles. The van der Waals surface area contributed by atoms with Crippen molar-refractivity contribution in [3.8, 4) is 5.75 Å². The quantitative estimate of drug-likeness (QED) is 0.729. The Morgan fingerprint density at radius 2 is 2.04 bits per heavy atom. The van der Waals surface area contributed by atoms with Gasteiger partial charge < -0.3 is 10.1 Å². The van der Waals surface area contributed by atoms with Crippen LogP contribution in [0, 0.1) is 5.82 Å². The van der Waals surface area contributed by atoms with Gasteiger partial charge >= 0.3 is 0 Å². The van der Waals surface area contributed by atoms with E-state index in [1.54, 1.807) is 6.20 Å². The highest BCUT2D eigenvalue weighted by Gasteiger charge is 2.07. The molecule has 0 aliphatic rings. The number of aromatic nitrogens is 1. The average molecular weight is 359 g/mol. The third-order valence-corrected chi connectivity index (χ3v) is 3.98. The number of ether oxygens (including phenoxy) is 1. The van der Waals surface area contributed by atoms with Gasteiger partial charge in [0.15, 0.2) is 6.61 Å². The molecule has 1 aromatic heterocycles. The van der Waals surface area contributed by atoms with E-state index in [4.69, 9.17) is 16.3 Å². The lowest BCUT2D eigenvalue weighted by atomic mass is 10.1. The number of pyridine rings is 1. The Balaban J connectivity index is 1.51. The van der Waals surface area contributed by atoms with Crippen molar-refractivity contribution in [2.24, 2.45) is 0 Å². The molecule has 25 heavy (non-hydrogen) atoms. The highest BCUT2D eigenvalue weighted by Crippen LogP contribution is 2.24. The molecule has 0 spiro atoms. The minimum Gasteiger partial charge on any atom is -0.482 e. The van der Waals surface area contributed by atoms with Crippen LogP contribution in [0.15, 0.2) is 54.7 Å². The van der Waals surface area contributed by atoms with Gasteiger partial charge in [0.2, 0.25) is 0 Å². The van der Waals surface area contributed by atoms with E-state index in [-0.39, 0.29) is 23.3 Å². The summed E-state index contributed by atoms with van der Waals surface area (Å²) < 4.78 is 18.3. The number of para-hydroxylation sites is 1. The maximum absolute atomic E-state index is 13.0. The van der Waals surface area contributed by atoms with Gasteiger partial charge in [-0.25, -0.2) is 4.39 Å². The van der Waals surface area contributed by atoms with Crippen molar-refractivity contribution in [2.75, 3.05) is 13.2 Å². The summed E-state index contributed by atoms with van der Waals surface area (Å²) in [6.45, 7) is 0.286. The molecule has 1 amide bonds. The molecule has 0 unspecified atom stereocenters. The van der Waals surface area contributed by atoms with E-state index in [2.05, 4.69) is 10.3 Å². The third kappa shape index (κ3) is 4.45. The van der Waals surface area contributed by atoms with Crippen molar-refractivity contribution in [2.45, 2.75) is 6.42 Å². The van der Waals surface area contributed by atoms with Crippen molar-refractivity contribution in [1.82, 2.24) is 10.3 Å². The molecular formula is C19H16ClFN2O2. The summed E-state index contributed by atoms with van der Waals surface area (Å²) in [4.78, 5) is 16.3. The van der Waals surface area contributed by atoms with E-state index >= 15 is 0 Å². The predicted molar refractivity (Wildman–Crippen MR) is 95.4 cm³/mol. The van der Waals surface area contributed by atoms with Gasteiger partial charge in [-0.2, -0.15) is 0 Å². The van der Waals surface area contributed by atoms with E-state index < -0.39 is 5.82 Å². The minimum absolute atomic E-state index is 0.134. The number of carbonyl (C=O) groups is 1. The first-order valence-corrected chi connectivity index (χ1v) is 8.18. The minimum atomic E-state index is -0.453. The van der Waals surface area contributed by atoms with Gasteiger partial charge in [-0.1, -0.05) is 35.9 Å². The Labute approximate surface area is 149 Å². The van der Waals surface area contributed by atoms with Gasteiger partial charge in [0.1, 0.15) is 11.6 Å². The molecule has 0 aliphatic heterocycles. The van der Waals surface area contributed by atoms with Crippen LogP contribution in [0.4, 0.5) is 4.39 Å². The monoisotopic (exact) mass is 358 g/mol.